The van der Waals surface area contributed by atoms with E-state index in [2.05, 4.69) is 47.3 Å². The third-order valence-electron chi connectivity index (χ3n) is 6.58. The van der Waals surface area contributed by atoms with Crippen LogP contribution in [0.5, 0.6) is 5.75 Å². The number of aryl methyl sites for hydroxylation is 1. The molecule has 3 aromatic rings. The number of hydrogen-bond donors (Lipinski definition) is 1. The van der Waals surface area contributed by atoms with Crippen molar-refractivity contribution in [3.05, 3.63) is 58.3 Å². The maximum Gasteiger partial charge on any atom is 0.340 e. The molecule has 0 saturated carbocycles. The van der Waals surface area contributed by atoms with Crippen LogP contribution in [0, 0.1) is 0 Å². The van der Waals surface area contributed by atoms with Crippen molar-refractivity contribution >= 4 is 28.6 Å². The van der Waals surface area contributed by atoms with E-state index in [1.54, 1.807) is 11.8 Å². The molecule has 168 valence electrons. The van der Waals surface area contributed by atoms with Gasteiger partial charge in [-0.05, 0) is 62.3 Å². The van der Waals surface area contributed by atoms with E-state index < -0.39 is 0 Å². The van der Waals surface area contributed by atoms with Crippen molar-refractivity contribution in [1.82, 2.24) is 9.88 Å². The van der Waals surface area contributed by atoms with Crippen LogP contribution >= 0.6 is 11.8 Å². The number of aromatic nitrogens is 1. The van der Waals surface area contributed by atoms with Crippen LogP contribution in [0.15, 0.2) is 35.2 Å². The number of ether oxygens (including phenoxy) is 2. The fraction of sp³-hybridized carbons (Fsp3) is 0.423. The normalized spacial score (nSPS) is 17.4. The van der Waals surface area contributed by atoms with E-state index in [0.717, 1.165) is 66.7 Å². The van der Waals surface area contributed by atoms with Crippen molar-refractivity contribution < 1.29 is 14.3 Å². The number of aromatic amines is 1. The first-order valence-corrected chi connectivity index (χ1v) is 12.8. The van der Waals surface area contributed by atoms with Crippen LogP contribution in [0.1, 0.15) is 65.7 Å². The van der Waals surface area contributed by atoms with Gasteiger partial charge < -0.3 is 14.5 Å². The fourth-order valence-electron chi connectivity index (χ4n) is 5.00. The Morgan fingerprint density at radius 1 is 1.28 bits per heavy atom. The summed E-state index contributed by atoms with van der Waals surface area (Å²) < 4.78 is 12.0. The van der Waals surface area contributed by atoms with Gasteiger partial charge in [-0.2, -0.15) is 0 Å². The first-order valence-electron chi connectivity index (χ1n) is 11.6. The minimum absolute atomic E-state index is 0.0795. The van der Waals surface area contributed by atoms with Crippen LogP contribution in [0.25, 0.3) is 10.9 Å². The lowest BCUT2D eigenvalue weighted by Gasteiger charge is -2.41. The number of esters is 1. The van der Waals surface area contributed by atoms with Gasteiger partial charge in [0.25, 0.3) is 0 Å². The van der Waals surface area contributed by atoms with Crippen molar-refractivity contribution in [3.63, 3.8) is 0 Å². The number of thioether (sulfide) groups is 1. The number of nitrogens with one attached hydrogen (secondary N) is 1. The summed E-state index contributed by atoms with van der Waals surface area (Å²) in [5.74, 6) is 0.626. The van der Waals surface area contributed by atoms with Crippen molar-refractivity contribution in [1.29, 1.82) is 0 Å². The number of benzene rings is 2. The van der Waals surface area contributed by atoms with Crippen molar-refractivity contribution in [3.8, 4) is 5.75 Å². The average Bonchev–Trinajstić information content (AvgIpc) is 3.20. The molecule has 0 spiro atoms. The minimum atomic E-state index is -0.242. The highest BCUT2D eigenvalue weighted by atomic mass is 32.2. The zero-order valence-corrected chi connectivity index (χ0v) is 19.8. The van der Waals surface area contributed by atoms with Crippen LogP contribution in [0.3, 0.4) is 0 Å². The van der Waals surface area contributed by atoms with Gasteiger partial charge in [0.05, 0.1) is 12.2 Å². The highest BCUT2D eigenvalue weighted by Gasteiger charge is 2.36. The van der Waals surface area contributed by atoms with Crippen LogP contribution < -0.4 is 4.74 Å². The van der Waals surface area contributed by atoms with E-state index in [1.165, 1.54) is 16.0 Å². The smallest absolute Gasteiger partial charge is 0.340 e. The van der Waals surface area contributed by atoms with Gasteiger partial charge in [0.15, 0.2) is 6.23 Å². The van der Waals surface area contributed by atoms with Gasteiger partial charge in [-0.3, -0.25) is 4.90 Å². The summed E-state index contributed by atoms with van der Waals surface area (Å²) in [5, 5.41) is 0.967. The summed E-state index contributed by atoms with van der Waals surface area (Å²) in [5.41, 5.74) is 6.37. The summed E-state index contributed by atoms with van der Waals surface area (Å²) in [4.78, 5) is 20.2. The standard InChI is InChI=1S/C26H30N2O3S/c1-4-6-7-20-24(26(29)30-5-2)23-19-15-28-13-12-16-14-17(32-3)8-9-18(16)25(28)31-22(19)11-10-21(23)27-20/h8-11,14,25,27H,4-7,12-13,15H2,1-3H3. The number of rotatable bonds is 6. The lowest BCUT2D eigenvalue weighted by molar-refractivity contribution is -0.00962. The molecule has 5 nitrogen and oxygen atoms in total. The summed E-state index contributed by atoms with van der Waals surface area (Å²) in [6.07, 6.45) is 5.99. The third-order valence-corrected chi connectivity index (χ3v) is 7.31. The van der Waals surface area contributed by atoms with Crippen LogP contribution in [-0.4, -0.2) is 35.3 Å². The molecule has 0 radical (unpaired) electrons. The number of nitrogens with zero attached hydrogens (tertiary/aromatic N) is 1. The number of unbranched alkanes of at least 4 members (excludes halogenated alkanes) is 1. The maximum absolute atomic E-state index is 13.0. The second-order valence-electron chi connectivity index (χ2n) is 8.52. The molecule has 3 heterocycles. The molecule has 1 N–H and O–H groups in total. The Balaban J connectivity index is 1.59. The van der Waals surface area contributed by atoms with Crippen LogP contribution in [0.4, 0.5) is 0 Å². The first kappa shape index (κ1) is 21.4. The van der Waals surface area contributed by atoms with E-state index >= 15 is 0 Å². The number of fused-ring (bicyclic) bond motifs is 6. The molecule has 0 fully saturated rings. The Morgan fingerprint density at radius 2 is 2.16 bits per heavy atom. The minimum Gasteiger partial charge on any atom is -0.471 e. The lowest BCUT2D eigenvalue weighted by atomic mass is 9.94. The molecule has 0 saturated heterocycles. The summed E-state index contributed by atoms with van der Waals surface area (Å²) >= 11 is 1.78. The zero-order valence-electron chi connectivity index (χ0n) is 19.0. The molecular formula is C26H30N2O3S. The molecule has 5 rings (SSSR count). The molecule has 32 heavy (non-hydrogen) atoms. The highest BCUT2D eigenvalue weighted by molar-refractivity contribution is 7.98. The van der Waals surface area contributed by atoms with Gasteiger partial charge >= 0.3 is 5.97 Å². The van der Waals surface area contributed by atoms with Gasteiger partial charge in [0.1, 0.15) is 5.75 Å². The molecule has 1 aromatic heterocycles. The van der Waals surface area contributed by atoms with Gasteiger partial charge in [-0.15, -0.1) is 11.8 Å². The largest absolute Gasteiger partial charge is 0.471 e. The van der Waals surface area contributed by atoms with E-state index in [1.807, 2.05) is 13.0 Å². The Morgan fingerprint density at radius 3 is 2.94 bits per heavy atom. The predicted molar refractivity (Wildman–Crippen MR) is 129 cm³/mol. The lowest BCUT2D eigenvalue weighted by Crippen LogP contribution is -2.41. The van der Waals surface area contributed by atoms with E-state index in [0.29, 0.717) is 12.2 Å². The highest BCUT2D eigenvalue weighted by Crippen LogP contribution is 2.43. The van der Waals surface area contributed by atoms with Gasteiger partial charge in [0, 0.05) is 45.7 Å². The Bertz CT molecular complexity index is 1170. The van der Waals surface area contributed by atoms with E-state index in [9.17, 15) is 4.79 Å². The molecule has 6 heteroatoms. The number of carbonyl (C=O) groups excluding carboxylic acids is 1. The summed E-state index contributed by atoms with van der Waals surface area (Å²) in [7, 11) is 0. The molecular weight excluding hydrogens is 420 g/mol. The van der Waals surface area contributed by atoms with Crippen LogP contribution in [-0.2, 0) is 24.1 Å². The number of carbonyl (C=O) groups is 1. The van der Waals surface area contributed by atoms with Crippen molar-refractivity contribution in [2.24, 2.45) is 0 Å². The number of hydrogen-bond acceptors (Lipinski definition) is 5. The second-order valence-corrected chi connectivity index (χ2v) is 9.40. The molecule has 1 atom stereocenters. The zero-order chi connectivity index (χ0) is 22.2. The molecule has 2 aromatic carbocycles. The first-order chi connectivity index (χ1) is 15.6. The van der Waals surface area contributed by atoms with Gasteiger partial charge in [-0.1, -0.05) is 19.4 Å². The van der Waals surface area contributed by atoms with E-state index in [-0.39, 0.29) is 12.2 Å². The van der Waals surface area contributed by atoms with Gasteiger partial charge in [0.2, 0.25) is 0 Å². The van der Waals surface area contributed by atoms with Crippen LogP contribution in [0.2, 0.25) is 0 Å². The van der Waals surface area contributed by atoms with Crippen molar-refractivity contribution in [2.45, 2.75) is 57.2 Å². The molecule has 2 aliphatic rings. The summed E-state index contributed by atoms with van der Waals surface area (Å²) in [6, 6.07) is 10.8. The summed E-state index contributed by atoms with van der Waals surface area (Å²) in [6.45, 7) is 6.09. The maximum atomic E-state index is 13.0. The van der Waals surface area contributed by atoms with E-state index in [4.69, 9.17) is 9.47 Å². The Labute approximate surface area is 193 Å². The second kappa shape index (κ2) is 8.83. The predicted octanol–water partition coefficient (Wildman–Crippen LogP) is 5.86. The topological polar surface area (TPSA) is 54.6 Å². The SMILES string of the molecule is CCCCc1[nH]c2ccc3c(c2c1C(=O)OCC)CN1CCc2cc(SC)ccc2C1O3. The monoisotopic (exact) mass is 450 g/mol. The van der Waals surface area contributed by atoms with Crippen molar-refractivity contribution in [2.75, 3.05) is 19.4 Å². The Hall–Kier alpha value is -2.44. The molecule has 0 amide bonds. The molecule has 0 bridgehead atoms. The molecule has 2 aliphatic heterocycles. The van der Waals surface area contributed by atoms with Gasteiger partial charge in [-0.25, -0.2) is 4.79 Å². The number of H-pyrrole nitrogens is 1. The quantitative estimate of drug-likeness (QED) is 0.377. The average molecular weight is 451 g/mol. The third kappa shape index (κ3) is 3.59. The Kier molecular flexibility index (Phi) is 5.91. The molecule has 0 aliphatic carbocycles. The molecule has 1 unspecified atom stereocenters. The fourth-order valence-corrected chi connectivity index (χ4v) is 5.46.